The van der Waals surface area contributed by atoms with Crippen LogP contribution < -0.4 is 5.56 Å². The second-order valence-corrected chi connectivity index (χ2v) is 6.41. The van der Waals surface area contributed by atoms with E-state index < -0.39 is 28.2 Å². The number of aromatic nitrogens is 1. The molecule has 1 aromatic carbocycles. The SMILES string of the molecule is O=C(c1cccc([N+](=O)[O-])c1)[C@@H](C(=O)N1CCCCC1)n1ccccc1=O. The molecule has 8 nitrogen and oxygen atoms in total. The molecule has 0 N–H and O–H groups in total. The van der Waals surface area contributed by atoms with E-state index in [0.717, 1.165) is 29.9 Å². The lowest BCUT2D eigenvalue weighted by atomic mass is 10.0. The second kappa shape index (κ2) is 7.94. The Morgan fingerprint density at radius 2 is 1.78 bits per heavy atom. The number of hydrogen-bond donors (Lipinski definition) is 0. The third kappa shape index (κ3) is 3.94. The standard InChI is InChI=1S/C19H19N3O5/c23-16-9-2-5-12-21(16)17(19(25)20-10-3-1-4-11-20)18(24)14-7-6-8-15(13-14)22(26)27/h2,5-9,12-13,17H,1,3-4,10-11H2/t17-/m0/s1. The number of amides is 1. The molecule has 3 rings (SSSR count). The van der Waals surface area contributed by atoms with Crippen molar-refractivity contribution in [1.82, 2.24) is 9.47 Å². The van der Waals surface area contributed by atoms with Gasteiger partial charge in [0.25, 0.3) is 17.2 Å². The highest BCUT2D eigenvalue weighted by Gasteiger charge is 2.34. The van der Waals surface area contributed by atoms with Crippen molar-refractivity contribution in [2.75, 3.05) is 13.1 Å². The molecule has 0 radical (unpaired) electrons. The molecule has 27 heavy (non-hydrogen) atoms. The molecule has 1 aliphatic heterocycles. The van der Waals surface area contributed by atoms with Gasteiger partial charge in [-0.1, -0.05) is 18.2 Å². The van der Waals surface area contributed by atoms with Crippen LogP contribution in [0.2, 0.25) is 0 Å². The number of benzene rings is 1. The van der Waals surface area contributed by atoms with E-state index in [1.54, 1.807) is 11.0 Å². The first-order valence-corrected chi connectivity index (χ1v) is 8.73. The Morgan fingerprint density at radius 3 is 2.44 bits per heavy atom. The number of ketones is 1. The molecule has 8 heteroatoms. The molecule has 0 bridgehead atoms. The number of non-ortho nitro benzene ring substituents is 1. The van der Waals surface area contributed by atoms with Crippen LogP contribution in [-0.2, 0) is 4.79 Å². The van der Waals surface area contributed by atoms with Crippen molar-refractivity contribution in [3.05, 3.63) is 74.7 Å². The van der Waals surface area contributed by atoms with Gasteiger partial charge >= 0.3 is 0 Å². The van der Waals surface area contributed by atoms with Gasteiger partial charge in [0.05, 0.1) is 4.92 Å². The van der Waals surface area contributed by atoms with Crippen LogP contribution in [0.4, 0.5) is 5.69 Å². The molecule has 1 aromatic heterocycles. The fourth-order valence-electron chi connectivity index (χ4n) is 3.23. The average molecular weight is 369 g/mol. The van der Waals surface area contributed by atoms with Gasteiger partial charge in [-0.15, -0.1) is 0 Å². The molecule has 1 aliphatic rings. The summed E-state index contributed by atoms with van der Waals surface area (Å²) in [5.74, 6) is -1.10. The fraction of sp³-hybridized carbons (Fsp3) is 0.316. The summed E-state index contributed by atoms with van der Waals surface area (Å²) in [4.78, 5) is 50.5. The smallest absolute Gasteiger partial charge is 0.270 e. The maximum Gasteiger partial charge on any atom is 0.270 e. The lowest BCUT2D eigenvalue weighted by Crippen LogP contribution is -2.45. The van der Waals surface area contributed by atoms with Crippen molar-refractivity contribution in [3.8, 4) is 0 Å². The Kier molecular flexibility index (Phi) is 5.44. The van der Waals surface area contributed by atoms with Gasteiger partial charge in [-0.3, -0.25) is 29.1 Å². The Balaban J connectivity index is 2.04. The van der Waals surface area contributed by atoms with E-state index in [1.807, 2.05) is 0 Å². The van der Waals surface area contributed by atoms with Crippen LogP contribution in [-0.4, -0.2) is 39.2 Å². The van der Waals surface area contributed by atoms with Crippen molar-refractivity contribution < 1.29 is 14.5 Å². The van der Waals surface area contributed by atoms with Gasteiger partial charge in [-0.05, 0) is 25.3 Å². The summed E-state index contributed by atoms with van der Waals surface area (Å²) >= 11 is 0. The normalized spacial score (nSPS) is 15.2. The summed E-state index contributed by atoms with van der Waals surface area (Å²) < 4.78 is 1.10. The number of piperidine rings is 1. The summed E-state index contributed by atoms with van der Waals surface area (Å²) in [6, 6.07) is 8.20. The molecule has 140 valence electrons. The largest absolute Gasteiger partial charge is 0.340 e. The highest BCUT2D eigenvalue weighted by atomic mass is 16.6. The first kappa shape index (κ1) is 18.5. The van der Waals surface area contributed by atoms with E-state index in [2.05, 4.69) is 0 Å². The summed E-state index contributed by atoms with van der Waals surface area (Å²) in [5, 5.41) is 11.0. The van der Waals surface area contributed by atoms with Crippen LogP contribution in [0.5, 0.6) is 0 Å². The van der Waals surface area contributed by atoms with E-state index in [-0.39, 0.29) is 11.3 Å². The second-order valence-electron chi connectivity index (χ2n) is 6.41. The number of pyridine rings is 1. The van der Waals surface area contributed by atoms with Gasteiger partial charge in [0.1, 0.15) is 0 Å². The highest BCUT2D eigenvalue weighted by Crippen LogP contribution is 2.22. The molecule has 0 aliphatic carbocycles. The summed E-state index contributed by atoms with van der Waals surface area (Å²) in [7, 11) is 0. The van der Waals surface area contributed by atoms with E-state index in [4.69, 9.17) is 0 Å². The minimum Gasteiger partial charge on any atom is -0.340 e. The van der Waals surface area contributed by atoms with E-state index in [0.29, 0.717) is 13.1 Å². The van der Waals surface area contributed by atoms with Gasteiger partial charge in [0.2, 0.25) is 0 Å². The zero-order valence-corrected chi connectivity index (χ0v) is 14.6. The molecule has 0 unspecified atom stereocenters. The number of carbonyl (C=O) groups excluding carboxylic acids is 2. The third-order valence-corrected chi connectivity index (χ3v) is 4.62. The maximum atomic E-state index is 13.1. The average Bonchev–Trinajstić information content (AvgIpc) is 2.70. The van der Waals surface area contributed by atoms with Crippen LogP contribution in [0.15, 0.2) is 53.5 Å². The van der Waals surface area contributed by atoms with Gasteiger partial charge in [-0.2, -0.15) is 0 Å². The van der Waals surface area contributed by atoms with E-state index in [1.165, 1.54) is 36.5 Å². The van der Waals surface area contributed by atoms with Crippen LogP contribution in [0.1, 0.15) is 35.7 Å². The monoisotopic (exact) mass is 369 g/mol. The fourth-order valence-corrected chi connectivity index (χ4v) is 3.23. The first-order chi connectivity index (χ1) is 13.0. The molecule has 0 saturated carbocycles. The summed E-state index contributed by atoms with van der Waals surface area (Å²) in [6.07, 6.45) is 4.09. The zero-order valence-electron chi connectivity index (χ0n) is 14.6. The van der Waals surface area contributed by atoms with Crippen molar-refractivity contribution >= 4 is 17.4 Å². The van der Waals surface area contributed by atoms with Crippen molar-refractivity contribution in [2.45, 2.75) is 25.3 Å². The summed E-state index contributed by atoms with van der Waals surface area (Å²) in [5.41, 5.74) is -0.701. The van der Waals surface area contributed by atoms with Crippen molar-refractivity contribution in [2.24, 2.45) is 0 Å². The Morgan fingerprint density at radius 1 is 1.04 bits per heavy atom. The number of Topliss-reactive ketones (excluding diaryl/α,β-unsaturated/α-hetero) is 1. The van der Waals surface area contributed by atoms with E-state index in [9.17, 15) is 24.5 Å². The van der Waals surface area contributed by atoms with Gasteiger partial charge < -0.3 is 4.90 Å². The molecule has 1 fully saturated rings. The number of nitro benzene ring substituents is 1. The molecule has 1 amide bonds. The van der Waals surface area contributed by atoms with Crippen LogP contribution in [0.3, 0.4) is 0 Å². The number of hydrogen-bond acceptors (Lipinski definition) is 5. The quantitative estimate of drug-likeness (QED) is 0.348. The molecule has 2 aromatic rings. The molecular weight excluding hydrogens is 350 g/mol. The highest BCUT2D eigenvalue weighted by molar-refractivity contribution is 6.12. The lowest BCUT2D eigenvalue weighted by Gasteiger charge is -2.30. The molecule has 1 atom stereocenters. The topological polar surface area (TPSA) is 103 Å². The number of nitrogens with zero attached hydrogens (tertiary/aromatic N) is 3. The Hall–Kier alpha value is -3.29. The molecule has 2 heterocycles. The Labute approximate surface area is 155 Å². The molecule has 1 saturated heterocycles. The maximum absolute atomic E-state index is 13.1. The van der Waals surface area contributed by atoms with Crippen LogP contribution in [0.25, 0.3) is 0 Å². The van der Waals surface area contributed by atoms with Crippen molar-refractivity contribution in [3.63, 3.8) is 0 Å². The first-order valence-electron chi connectivity index (χ1n) is 8.73. The number of likely N-dealkylation sites (tertiary alicyclic amines) is 1. The number of rotatable bonds is 5. The Bertz CT molecular complexity index is 931. The predicted octanol–water partition coefficient (Wildman–Crippen LogP) is 2.19. The third-order valence-electron chi connectivity index (χ3n) is 4.62. The number of nitro groups is 1. The van der Waals surface area contributed by atoms with Gasteiger partial charge in [0, 0.05) is 43.0 Å². The minimum absolute atomic E-state index is 0.0234. The lowest BCUT2D eigenvalue weighted by molar-refractivity contribution is -0.384. The predicted molar refractivity (Wildman–Crippen MR) is 97.6 cm³/mol. The van der Waals surface area contributed by atoms with Crippen LogP contribution in [0, 0.1) is 10.1 Å². The molecule has 0 spiro atoms. The van der Waals surface area contributed by atoms with Crippen molar-refractivity contribution in [1.29, 1.82) is 0 Å². The number of carbonyl (C=O) groups is 2. The van der Waals surface area contributed by atoms with Gasteiger partial charge in [-0.25, -0.2) is 0 Å². The zero-order chi connectivity index (χ0) is 19.4. The van der Waals surface area contributed by atoms with Gasteiger partial charge in [0.15, 0.2) is 11.8 Å². The van der Waals surface area contributed by atoms with Crippen LogP contribution >= 0.6 is 0 Å². The minimum atomic E-state index is -1.38. The van der Waals surface area contributed by atoms with E-state index >= 15 is 0 Å². The molecular formula is C19H19N3O5. The summed E-state index contributed by atoms with van der Waals surface area (Å²) in [6.45, 7) is 1.05.